The Morgan fingerprint density at radius 3 is 2.84 bits per heavy atom. The zero-order valence-electron chi connectivity index (χ0n) is 11.6. The molecule has 0 saturated carbocycles. The molecule has 3 nitrogen and oxygen atoms in total. The summed E-state index contributed by atoms with van der Waals surface area (Å²) in [5.41, 5.74) is 1.12. The molecule has 0 unspecified atom stereocenters. The summed E-state index contributed by atoms with van der Waals surface area (Å²) >= 11 is 6.01. The minimum absolute atomic E-state index is 0.759. The maximum Gasteiger partial charge on any atom is 0.123 e. The van der Waals surface area contributed by atoms with E-state index in [1.807, 2.05) is 25.2 Å². The van der Waals surface area contributed by atoms with Crippen molar-refractivity contribution in [1.29, 1.82) is 0 Å². The van der Waals surface area contributed by atoms with Crippen LogP contribution in [0.15, 0.2) is 18.2 Å². The smallest absolute Gasteiger partial charge is 0.123 e. The molecular formula is C15H23ClN2O. The first-order chi connectivity index (χ1) is 9.29. The van der Waals surface area contributed by atoms with Gasteiger partial charge in [-0.15, -0.1) is 0 Å². The molecule has 0 radical (unpaired) electrons. The highest BCUT2D eigenvalue weighted by atomic mass is 35.5. The number of hydrogen-bond acceptors (Lipinski definition) is 3. The third-order valence-electron chi connectivity index (χ3n) is 3.46. The van der Waals surface area contributed by atoms with Crippen molar-refractivity contribution in [2.75, 3.05) is 33.3 Å². The normalized spacial score (nSPS) is 15.9. The van der Waals surface area contributed by atoms with Gasteiger partial charge in [0, 0.05) is 23.7 Å². The SMILES string of the molecule is CNCc1cc(Cl)ccc1OCCCN1CCCC1. The Balaban J connectivity index is 1.77. The average molecular weight is 283 g/mol. The van der Waals surface area contributed by atoms with E-state index in [2.05, 4.69) is 10.2 Å². The molecule has 1 aromatic rings. The molecular weight excluding hydrogens is 260 g/mol. The van der Waals surface area contributed by atoms with Crippen molar-refractivity contribution in [1.82, 2.24) is 10.2 Å². The Morgan fingerprint density at radius 2 is 2.11 bits per heavy atom. The van der Waals surface area contributed by atoms with E-state index in [0.29, 0.717) is 0 Å². The molecule has 0 aliphatic carbocycles. The topological polar surface area (TPSA) is 24.5 Å². The molecule has 1 aliphatic rings. The van der Waals surface area contributed by atoms with Crippen molar-refractivity contribution in [3.63, 3.8) is 0 Å². The Morgan fingerprint density at radius 1 is 1.32 bits per heavy atom. The van der Waals surface area contributed by atoms with Crippen LogP contribution in [0.2, 0.25) is 5.02 Å². The summed E-state index contributed by atoms with van der Waals surface area (Å²) < 4.78 is 5.88. The van der Waals surface area contributed by atoms with Gasteiger partial charge >= 0.3 is 0 Å². The van der Waals surface area contributed by atoms with Crippen LogP contribution in [0.4, 0.5) is 0 Å². The Kier molecular flexibility index (Phi) is 5.95. The molecule has 0 bridgehead atoms. The van der Waals surface area contributed by atoms with Crippen LogP contribution in [0.3, 0.4) is 0 Å². The first kappa shape index (κ1) is 14.6. The van der Waals surface area contributed by atoms with Crippen molar-refractivity contribution in [3.8, 4) is 5.75 Å². The van der Waals surface area contributed by atoms with Crippen molar-refractivity contribution < 1.29 is 4.74 Å². The molecule has 2 rings (SSSR count). The van der Waals surface area contributed by atoms with Gasteiger partial charge in [0.05, 0.1) is 6.61 Å². The number of rotatable bonds is 7. The van der Waals surface area contributed by atoms with Crippen LogP contribution >= 0.6 is 11.6 Å². The summed E-state index contributed by atoms with van der Waals surface area (Å²) in [6.45, 7) is 5.21. The van der Waals surface area contributed by atoms with Gasteiger partial charge in [-0.1, -0.05) is 11.6 Å². The van der Waals surface area contributed by atoms with Gasteiger partial charge in [0.1, 0.15) is 5.75 Å². The molecule has 19 heavy (non-hydrogen) atoms. The number of hydrogen-bond donors (Lipinski definition) is 1. The lowest BCUT2D eigenvalue weighted by Gasteiger charge is -2.15. The van der Waals surface area contributed by atoms with Gasteiger partial charge in [0.15, 0.2) is 0 Å². The summed E-state index contributed by atoms with van der Waals surface area (Å²) in [4.78, 5) is 2.51. The van der Waals surface area contributed by atoms with Gasteiger partial charge in [0.2, 0.25) is 0 Å². The molecule has 1 N–H and O–H groups in total. The van der Waals surface area contributed by atoms with Crippen LogP contribution in [0.5, 0.6) is 5.75 Å². The summed E-state index contributed by atoms with van der Waals surface area (Å²) in [5, 5.41) is 3.90. The fourth-order valence-corrected chi connectivity index (χ4v) is 2.69. The Hall–Kier alpha value is -0.770. The molecule has 106 valence electrons. The van der Waals surface area contributed by atoms with E-state index in [0.717, 1.165) is 42.5 Å². The standard InChI is InChI=1S/C15H23ClN2O/c1-17-12-13-11-14(16)5-6-15(13)19-10-4-9-18-7-2-3-8-18/h5-6,11,17H,2-4,7-10,12H2,1H3. The van der Waals surface area contributed by atoms with E-state index >= 15 is 0 Å². The number of benzene rings is 1. The second-order valence-corrected chi connectivity index (χ2v) is 5.47. The number of halogens is 1. The maximum atomic E-state index is 6.01. The van der Waals surface area contributed by atoms with Gasteiger partial charge in [-0.25, -0.2) is 0 Å². The molecule has 1 fully saturated rings. The minimum Gasteiger partial charge on any atom is -0.493 e. The van der Waals surface area contributed by atoms with Gasteiger partial charge in [-0.2, -0.15) is 0 Å². The van der Waals surface area contributed by atoms with Crippen molar-refractivity contribution in [2.24, 2.45) is 0 Å². The lowest BCUT2D eigenvalue weighted by atomic mass is 10.2. The fraction of sp³-hybridized carbons (Fsp3) is 0.600. The van der Waals surface area contributed by atoms with Crippen LogP contribution < -0.4 is 10.1 Å². The summed E-state index contributed by atoms with van der Waals surface area (Å²) in [7, 11) is 1.93. The van der Waals surface area contributed by atoms with Gasteiger partial charge in [0.25, 0.3) is 0 Å². The summed E-state index contributed by atoms with van der Waals surface area (Å²) in [6.07, 6.45) is 3.79. The lowest BCUT2D eigenvalue weighted by molar-refractivity contribution is 0.261. The number of ether oxygens (including phenoxy) is 1. The average Bonchev–Trinajstić information content (AvgIpc) is 2.90. The molecule has 1 heterocycles. The van der Waals surface area contributed by atoms with Crippen LogP contribution in [0, 0.1) is 0 Å². The molecule has 0 aromatic heterocycles. The largest absolute Gasteiger partial charge is 0.493 e. The Labute approximate surface area is 120 Å². The van der Waals surface area contributed by atoms with Crippen LogP contribution in [-0.4, -0.2) is 38.2 Å². The van der Waals surface area contributed by atoms with Crippen LogP contribution in [0.25, 0.3) is 0 Å². The van der Waals surface area contributed by atoms with E-state index < -0.39 is 0 Å². The second-order valence-electron chi connectivity index (χ2n) is 5.03. The fourth-order valence-electron chi connectivity index (χ4n) is 2.49. The molecule has 0 spiro atoms. The van der Waals surface area contributed by atoms with Crippen molar-refractivity contribution in [3.05, 3.63) is 28.8 Å². The molecule has 4 heteroatoms. The van der Waals surface area contributed by atoms with E-state index in [1.165, 1.54) is 25.9 Å². The van der Waals surface area contributed by atoms with Gasteiger partial charge in [-0.05, 0) is 57.6 Å². The molecule has 1 aromatic carbocycles. The molecule has 0 amide bonds. The van der Waals surface area contributed by atoms with E-state index in [4.69, 9.17) is 16.3 Å². The second kappa shape index (κ2) is 7.73. The molecule has 1 aliphatic heterocycles. The van der Waals surface area contributed by atoms with Crippen molar-refractivity contribution >= 4 is 11.6 Å². The first-order valence-electron chi connectivity index (χ1n) is 7.08. The number of nitrogens with zero attached hydrogens (tertiary/aromatic N) is 1. The number of likely N-dealkylation sites (tertiary alicyclic amines) is 1. The molecule has 1 saturated heterocycles. The third-order valence-corrected chi connectivity index (χ3v) is 3.70. The van der Waals surface area contributed by atoms with Gasteiger partial charge < -0.3 is 15.0 Å². The number of nitrogens with one attached hydrogen (secondary N) is 1. The lowest BCUT2D eigenvalue weighted by Crippen LogP contribution is -2.22. The summed E-state index contributed by atoms with van der Waals surface area (Å²) in [6, 6.07) is 5.81. The van der Waals surface area contributed by atoms with E-state index in [9.17, 15) is 0 Å². The van der Waals surface area contributed by atoms with Crippen molar-refractivity contribution in [2.45, 2.75) is 25.8 Å². The maximum absolute atomic E-state index is 6.01. The quantitative estimate of drug-likeness (QED) is 0.778. The minimum atomic E-state index is 0.759. The Bertz CT molecular complexity index is 392. The first-order valence-corrected chi connectivity index (χ1v) is 7.45. The highest BCUT2D eigenvalue weighted by Crippen LogP contribution is 2.23. The zero-order chi connectivity index (χ0) is 13.5. The zero-order valence-corrected chi connectivity index (χ0v) is 12.4. The van der Waals surface area contributed by atoms with Gasteiger partial charge in [-0.3, -0.25) is 0 Å². The third kappa shape index (κ3) is 4.68. The highest BCUT2D eigenvalue weighted by molar-refractivity contribution is 6.30. The monoisotopic (exact) mass is 282 g/mol. The summed E-state index contributed by atoms with van der Waals surface area (Å²) in [5.74, 6) is 0.945. The highest BCUT2D eigenvalue weighted by Gasteiger charge is 2.10. The van der Waals surface area contributed by atoms with Crippen LogP contribution in [0.1, 0.15) is 24.8 Å². The predicted octanol–water partition coefficient (Wildman–Crippen LogP) is 2.92. The van der Waals surface area contributed by atoms with Crippen LogP contribution in [-0.2, 0) is 6.54 Å². The van der Waals surface area contributed by atoms with E-state index in [1.54, 1.807) is 0 Å². The predicted molar refractivity (Wildman–Crippen MR) is 80.0 cm³/mol. The van der Waals surface area contributed by atoms with E-state index in [-0.39, 0.29) is 0 Å². The molecule has 0 atom stereocenters.